The summed E-state index contributed by atoms with van der Waals surface area (Å²) >= 11 is 6.15. The zero-order valence-corrected chi connectivity index (χ0v) is 23.8. The van der Waals surface area contributed by atoms with Gasteiger partial charge in [0.1, 0.15) is 16.4 Å². The van der Waals surface area contributed by atoms with E-state index in [1.165, 1.54) is 28.6 Å². The minimum Gasteiger partial charge on any atom is -0.301 e. The lowest BCUT2D eigenvalue weighted by Gasteiger charge is -2.34. The van der Waals surface area contributed by atoms with Gasteiger partial charge in [0.15, 0.2) is 0 Å². The molecule has 1 aliphatic heterocycles. The average molecular weight is 606 g/mol. The maximum Gasteiger partial charge on any atom is 0.270 e. The molecule has 1 aliphatic rings. The lowest BCUT2D eigenvalue weighted by molar-refractivity contribution is -0.385. The summed E-state index contributed by atoms with van der Waals surface area (Å²) in [6.07, 6.45) is 2.03. The van der Waals surface area contributed by atoms with Gasteiger partial charge in [0.25, 0.3) is 5.69 Å². The van der Waals surface area contributed by atoms with E-state index in [0.29, 0.717) is 19.6 Å². The van der Waals surface area contributed by atoms with Gasteiger partial charge in [-0.05, 0) is 53.6 Å². The Hall–Kier alpha value is -4.16. The quantitative estimate of drug-likeness (QED) is 0.170. The van der Waals surface area contributed by atoms with Crippen LogP contribution in [0.3, 0.4) is 0 Å². The summed E-state index contributed by atoms with van der Waals surface area (Å²) in [5.41, 5.74) is 4.86. The maximum atomic E-state index is 13.7. The first-order chi connectivity index (χ1) is 20.2. The number of rotatable bonds is 7. The fourth-order valence-electron chi connectivity index (χ4n) is 5.17. The summed E-state index contributed by atoms with van der Waals surface area (Å²) in [6, 6.07) is 23.6. The van der Waals surface area contributed by atoms with Crippen LogP contribution in [0.2, 0.25) is 5.02 Å². The summed E-state index contributed by atoms with van der Waals surface area (Å²) in [4.78, 5) is 17.3. The van der Waals surface area contributed by atoms with Crippen molar-refractivity contribution in [3.8, 4) is 22.4 Å². The fraction of sp³-hybridized carbons (Fsp3) is 0.167. The SMILES string of the molecule is O=[N+]([O-])c1ccc(Cl)c(S(=O)(=O)N2CCN(Cc3c(-c4ccc(F)cc4)nc4ccc(-c5ccccc5)cn34)CC2)c1. The number of pyridine rings is 1. The molecule has 6 rings (SSSR count). The highest BCUT2D eigenvalue weighted by Gasteiger charge is 2.32. The van der Waals surface area contributed by atoms with Crippen molar-refractivity contribution in [1.82, 2.24) is 18.6 Å². The van der Waals surface area contributed by atoms with Crippen LogP contribution in [0, 0.1) is 15.9 Å². The van der Waals surface area contributed by atoms with Crippen LogP contribution < -0.4 is 0 Å². The molecular weight excluding hydrogens is 581 g/mol. The van der Waals surface area contributed by atoms with Gasteiger partial charge >= 0.3 is 0 Å². The molecule has 5 aromatic rings. The van der Waals surface area contributed by atoms with E-state index >= 15 is 0 Å². The van der Waals surface area contributed by atoms with E-state index < -0.39 is 14.9 Å². The van der Waals surface area contributed by atoms with E-state index in [1.807, 2.05) is 53.1 Å². The molecule has 0 spiro atoms. The second kappa shape index (κ2) is 11.3. The third-order valence-electron chi connectivity index (χ3n) is 7.39. The van der Waals surface area contributed by atoms with Gasteiger partial charge in [-0.15, -0.1) is 0 Å². The largest absolute Gasteiger partial charge is 0.301 e. The molecular formula is C30H25ClFN5O4S. The summed E-state index contributed by atoms with van der Waals surface area (Å²) in [5, 5.41) is 11.2. The monoisotopic (exact) mass is 605 g/mol. The Morgan fingerprint density at radius 1 is 0.881 bits per heavy atom. The van der Waals surface area contributed by atoms with Gasteiger partial charge in [-0.25, -0.2) is 17.8 Å². The predicted molar refractivity (Wildman–Crippen MR) is 158 cm³/mol. The van der Waals surface area contributed by atoms with Gasteiger partial charge in [-0.2, -0.15) is 4.31 Å². The standard InChI is InChI=1S/C30H25ClFN5O4S/c31-26-12-11-25(37(38)39)18-28(26)42(40,41)35-16-14-34(15-17-35)20-27-30(22-6-9-24(32)10-7-22)33-29-13-8-23(19-36(27)29)21-4-2-1-3-5-21/h1-13,18-19H,14-17,20H2. The molecule has 9 nitrogen and oxygen atoms in total. The van der Waals surface area contributed by atoms with Gasteiger partial charge in [-0.3, -0.25) is 15.0 Å². The molecule has 214 valence electrons. The fourth-order valence-corrected chi connectivity index (χ4v) is 7.08. The van der Waals surface area contributed by atoms with Crippen LogP contribution in [0.4, 0.5) is 10.1 Å². The lowest BCUT2D eigenvalue weighted by Crippen LogP contribution is -2.48. The van der Waals surface area contributed by atoms with Crippen molar-refractivity contribution < 1.29 is 17.7 Å². The number of hydrogen-bond acceptors (Lipinski definition) is 6. The van der Waals surface area contributed by atoms with E-state index in [1.54, 1.807) is 12.1 Å². The molecule has 0 N–H and O–H groups in total. The van der Waals surface area contributed by atoms with Gasteiger partial charge < -0.3 is 4.40 Å². The lowest BCUT2D eigenvalue weighted by atomic mass is 10.1. The summed E-state index contributed by atoms with van der Waals surface area (Å²) in [7, 11) is -4.04. The number of nitro benzene ring substituents is 1. The number of sulfonamides is 1. The smallest absolute Gasteiger partial charge is 0.270 e. The van der Waals surface area contributed by atoms with E-state index in [2.05, 4.69) is 4.90 Å². The van der Waals surface area contributed by atoms with Crippen molar-refractivity contribution in [2.45, 2.75) is 11.4 Å². The number of halogens is 2. The van der Waals surface area contributed by atoms with Crippen LogP contribution >= 0.6 is 11.6 Å². The minimum absolute atomic E-state index is 0.0630. The molecule has 3 aromatic carbocycles. The molecule has 2 aromatic heterocycles. The van der Waals surface area contributed by atoms with Crippen LogP contribution in [0.15, 0.2) is 96.0 Å². The third-order valence-corrected chi connectivity index (χ3v) is 9.77. The van der Waals surface area contributed by atoms with Crippen LogP contribution in [-0.4, -0.2) is 58.1 Å². The van der Waals surface area contributed by atoms with E-state index in [-0.39, 0.29) is 34.5 Å². The van der Waals surface area contributed by atoms with E-state index in [0.717, 1.165) is 39.8 Å². The number of piperazine rings is 1. The Bertz CT molecular complexity index is 1890. The van der Waals surface area contributed by atoms with Crippen molar-refractivity contribution >= 4 is 33.0 Å². The first-order valence-corrected chi connectivity index (χ1v) is 15.0. The Labute approximate surface area is 246 Å². The number of imidazole rings is 1. The van der Waals surface area contributed by atoms with Crippen molar-refractivity contribution in [1.29, 1.82) is 0 Å². The Morgan fingerprint density at radius 2 is 1.57 bits per heavy atom. The highest BCUT2D eigenvalue weighted by atomic mass is 35.5. The van der Waals surface area contributed by atoms with Crippen molar-refractivity contribution in [2.24, 2.45) is 0 Å². The average Bonchev–Trinajstić information content (AvgIpc) is 3.35. The van der Waals surface area contributed by atoms with Gasteiger partial charge in [-0.1, -0.05) is 41.9 Å². The van der Waals surface area contributed by atoms with Crippen LogP contribution in [0.1, 0.15) is 5.69 Å². The van der Waals surface area contributed by atoms with Gasteiger partial charge in [0, 0.05) is 56.6 Å². The number of non-ortho nitro benzene ring substituents is 1. The second-order valence-electron chi connectivity index (χ2n) is 9.98. The number of nitrogens with zero attached hydrogens (tertiary/aromatic N) is 5. The molecule has 1 saturated heterocycles. The van der Waals surface area contributed by atoms with Crippen LogP contribution in [0.5, 0.6) is 0 Å². The molecule has 0 radical (unpaired) electrons. The third kappa shape index (κ3) is 5.39. The highest BCUT2D eigenvalue weighted by Crippen LogP contribution is 2.31. The predicted octanol–water partition coefficient (Wildman–Crippen LogP) is 5.88. The number of fused-ring (bicyclic) bond motifs is 1. The molecule has 0 atom stereocenters. The first kappa shape index (κ1) is 28.0. The zero-order chi connectivity index (χ0) is 29.4. The molecule has 42 heavy (non-hydrogen) atoms. The Morgan fingerprint density at radius 3 is 2.26 bits per heavy atom. The van der Waals surface area contributed by atoms with Gasteiger partial charge in [0.2, 0.25) is 10.0 Å². The molecule has 0 unspecified atom stereocenters. The summed E-state index contributed by atoms with van der Waals surface area (Å²) in [5.74, 6) is -0.336. The zero-order valence-electron chi connectivity index (χ0n) is 22.2. The summed E-state index contributed by atoms with van der Waals surface area (Å²) in [6.45, 7) is 1.66. The van der Waals surface area contributed by atoms with Crippen molar-refractivity contribution in [3.05, 3.63) is 118 Å². The normalized spacial score (nSPS) is 14.8. The Kier molecular flexibility index (Phi) is 7.50. The second-order valence-corrected chi connectivity index (χ2v) is 12.3. The molecule has 3 heterocycles. The van der Waals surface area contributed by atoms with Crippen LogP contribution in [-0.2, 0) is 16.6 Å². The molecule has 0 amide bonds. The Balaban J connectivity index is 1.30. The number of benzene rings is 3. The minimum atomic E-state index is -4.04. The topological polar surface area (TPSA) is 101 Å². The van der Waals surface area contributed by atoms with Crippen molar-refractivity contribution in [2.75, 3.05) is 26.2 Å². The van der Waals surface area contributed by atoms with E-state index in [9.17, 15) is 22.9 Å². The number of nitro groups is 1. The molecule has 0 bridgehead atoms. The van der Waals surface area contributed by atoms with Gasteiger partial charge in [0.05, 0.1) is 21.3 Å². The molecule has 0 saturated carbocycles. The molecule has 12 heteroatoms. The molecule has 1 fully saturated rings. The first-order valence-electron chi connectivity index (χ1n) is 13.2. The van der Waals surface area contributed by atoms with Crippen LogP contribution in [0.25, 0.3) is 28.0 Å². The van der Waals surface area contributed by atoms with Crippen molar-refractivity contribution in [3.63, 3.8) is 0 Å². The van der Waals surface area contributed by atoms with E-state index in [4.69, 9.17) is 16.6 Å². The molecule has 0 aliphatic carbocycles. The maximum absolute atomic E-state index is 13.7. The highest BCUT2D eigenvalue weighted by molar-refractivity contribution is 7.89. The number of hydrogen-bond donors (Lipinski definition) is 0. The summed E-state index contributed by atoms with van der Waals surface area (Å²) < 4.78 is 43.8. The number of aromatic nitrogens is 2.